The normalized spacial score (nSPS) is 12.9. The molecule has 0 spiro atoms. The molecule has 2 atom stereocenters. The summed E-state index contributed by atoms with van der Waals surface area (Å²) >= 11 is 0. The number of aromatic hydroxyl groups is 1. The monoisotopic (exact) mass is 519 g/mol. The van der Waals surface area contributed by atoms with Crippen molar-refractivity contribution in [3.63, 3.8) is 0 Å². The Morgan fingerprint density at radius 2 is 1.68 bits per heavy atom. The van der Waals surface area contributed by atoms with E-state index in [2.05, 4.69) is 10.6 Å². The van der Waals surface area contributed by atoms with Gasteiger partial charge in [0.15, 0.2) is 0 Å². The van der Waals surface area contributed by atoms with Crippen molar-refractivity contribution in [3.05, 3.63) is 71.8 Å². The number of phenols is 1. The number of hydrogen-bond acceptors (Lipinski definition) is 5. The van der Waals surface area contributed by atoms with Crippen LogP contribution in [0.25, 0.3) is 10.8 Å². The third-order valence-corrected chi connectivity index (χ3v) is 5.96. The number of fused-ring (bicyclic) bond motifs is 1. The Labute approximate surface area is 224 Å². The molecule has 8 heteroatoms. The van der Waals surface area contributed by atoms with E-state index >= 15 is 0 Å². The number of nitrogens with zero attached hydrogens (tertiary/aromatic N) is 1. The minimum Gasteiger partial charge on any atom is -0.508 e. The number of nitrogens with one attached hydrogen (secondary N) is 2. The van der Waals surface area contributed by atoms with Crippen LogP contribution in [0.15, 0.2) is 60.7 Å². The molecule has 0 radical (unpaired) electrons. The quantitative estimate of drug-likeness (QED) is 0.355. The molecular weight excluding hydrogens is 482 g/mol. The van der Waals surface area contributed by atoms with Crippen LogP contribution in [0.4, 0.5) is 10.5 Å². The number of hydrogen-bond donors (Lipinski definition) is 3. The zero-order chi connectivity index (χ0) is 28.0. The van der Waals surface area contributed by atoms with Gasteiger partial charge in [0.05, 0.1) is 0 Å². The highest BCUT2D eigenvalue weighted by Crippen LogP contribution is 2.29. The van der Waals surface area contributed by atoms with E-state index in [9.17, 15) is 19.5 Å². The van der Waals surface area contributed by atoms with Gasteiger partial charge in [-0.05, 0) is 87.2 Å². The molecule has 0 bridgehead atoms. The lowest BCUT2D eigenvalue weighted by Gasteiger charge is -2.33. The predicted octanol–water partition coefficient (Wildman–Crippen LogP) is 5.69. The van der Waals surface area contributed by atoms with Gasteiger partial charge in [-0.2, -0.15) is 0 Å². The molecule has 8 nitrogen and oxygen atoms in total. The summed E-state index contributed by atoms with van der Waals surface area (Å²) in [5.41, 5.74) is 1.000. The number of amides is 3. The van der Waals surface area contributed by atoms with E-state index in [-0.39, 0.29) is 12.3 Å². The third-order valence-electron chi connectivity index (χ3n) is 5.96. The van der Waals surface area contributed by atoms with Crippen molar-refractivity contribution in [1.29, 1.82) is 0 Å². The van der Waals surface area contributed by atoms with Crippen LogP contribution >= 0.6 is 0 Å². The molecule has 0 aliphatic carbocycles. The molecule has 0 saturated carbocycles. The van der Waals surface area contributed by atoms with Gasteiger partial charge in [0.2, 0.25) is 5.91 Å². The maximum atomic E-state index is 13.8. The van der Waals surface area contributed by atoms with Crippen LogP contribution in [-0.4, -0.2) is 46.1 Å². The van der Waals surface area contributed by atoms with Crippen molar-refractivity contribution >= 4 is 34.4 Å². The highest BCUT2D eigenvalue weighted by molar-refractivity contribution is 6.00. The Kier molecular flexibility index (Phi) is 8.99. The van der Waals surface area contributed by atoms with E-state index < -0.39 is 35.6 Å². The largest absolute Gasteiger partial charge is 0.508 e. The number of rotatable bonds is 8. The van der Waals surface area contributed by atoms with E-state index in [1.807, 2.05) is 49.4 Å². The average molecular weight is 520 g/mol. The molecule has 3 amide bonds. The van der Waals surface area contributed by atoms with Crippen molar-refractivity contribution in [2.45, 2.75) is 65.6 Å². The van der Waals surface area contributed by atoms with Crippen LogP contribution in [0, 0.1) is 6.92 Å². The minimum absolute atomic E-state index is 0.0933. The fourth-order valence-corrected chi connectivity index (χ4v) is 4.20. The molecule has 0 aliphatic heterocycles. The lowest BCUT2D eigenvalue weighted by Crippen LogP contribution is -2.51. The molecule has 0 saturated heterocycles. The first-order valence-corrected chi connectivity index (χ1v) is 12.8. The molecule has 3 aromatic rings. The highest BCUT2D eigenvalue weighted by atomic mass is 16.6. The first kappa shape index (κ1) is 28.5. The van der Waals surface area contributed by atoms with E-state index in [1.54, 1.807) is 46.8 Å². The molecule has 0 aromatic heterocycles. The predicted molar refractivity (Wildman–Crippen MR) is 149 cm³/mol. The second kappa shape index (κ2) is 12.0. The number of benzene rings is 3. The van der Waals surface area contributed by atoms with Gasteiger partial charge in [-0.15, -0.1) is 0 Å². The molecule has 3 rings (SSSR count). The second-order valence-electron chi connectivity index (χ2n) is 10.4. The Hall–Kier alpha value is -4.07. The number of anilines is 1. The topological polar surface area (TPSA) is 108 Å². The van der Waals surface area contributed by atoms with Crippen molar-refractivity contribution in [2.24, 2.45) is 0 Å². The Bertz CT molecular complexity index is 1310. The lowest BCUT2D eigenvalue weighted by atomic mass is 10.00. The summed E-state index contributed by atoms with van der Waals surface area (Å²) < 4.78 is 5.31. The number of ether oxygens (including phenoxy) is 1. The van der Waals surface area contributed by atoms with E-state index in [1.165, 1.54) is 11.0 Å². The minimum atomic E-state index is -1.00. The zero-order valence-corrected chi connectivity index (χ0v) is 22.9. The maximum Gasteiger partial charge on any atom is 0.408 e. The molecule has 202 valence electrons. The summed E-state index contributed by atoms with van der Waals surface area (Å²) in [6, 6.07) is 16.3. The lowest BCUT2D eigenvalue weighted by molar-refractivity contribution is -0.140. The molecule has 3 aromatic carbocycles. The van der Waals surface area contributed by atoms with Gasteiger partial charge in [0.1, 0.15) is 23.4 Å². The van der Waals surface area contributed by atoms with Crippen LogP contribution in [0.5, 0.6) is 5.75 Å². The van der Waals surface area contributed by atoms with Crippen molar-refractivity contribution in [3.8, 4) is 5.75 Å². The number of phenolic OH excluding ortho intramolecular Hbond substituents is 1. The fourth-order valence-electron chi connectivity index (χ4n) is 4.20. The molecule has 3 N–H and O–H groups in total. The summed E-state index contributed by atoms with van der Waals surface area (Å²) in [5, 5.41) is 17.7. The SMILES string of the molecule is CCCN(C(=O)C(C)NC(=O)OC(C)(C)C)C(C(=O)Nc1ccc2ccccc2c1)c1ccc(O)c(C)c1. The molecule has 0 fully saturated rings. The summed E-state index contributed by atoms with van der Waals surface area (Å²) in [6.45, 7) is 10.7. The van der Waals surface area contributed by atoms with Gasteiger partial charge in [-0.3, -0.25) is 9.59 Å². The summed E-state index contributed by atoms with van der Waals surface area (Å²) in [7, 11) is 0. The van der Waals surface area contributed by atoms with Crippen LogP contribution in [0.1, 0.15) is 58.2 Å². The summed E-state index contributed by atoms with van der Waals surface area (Å²) in [5.74, 6) is -0.741. The van der Waals surface area contributed by atoms with Crippen molar-refractivity contribution in [1.82, 2.24) is 10.2 Å². The van der Waals surface area contributed by atoms with Gasteiger partial charge in [0.25, 0.3) is 5.91 Å². The van der Waals surface area contributed by atoms with Gasteiger partial charge in [-0.1, -0.05) is 43.3 Å². The molecule has 0 heterocycles. The molecular formula is C30H37N3O5. The van der Waals surface area contributed by atoms with Crippen LogP contribution in [-0.2, 0) is 14.3 Å². The number of aryl methyl sites for hydroxylation is 1. The Morgan fingerprint density at radius 1 is 1.00 bits per heavy atom. The van der Waals surface area contributed by atoms with Crippen molar-refractivity contribution in [2.75, 3.05) is 11.9 Å². The van der Waals surface area contributed by atoms with Crippen LogP contribution in [0.2, 0.25) is 0 Å². The smallest absolute Gasteiger partial charge is 0.408 e. The van der Waals surface area contributed by atoms with Gasteiger partial charge >= 0.3 is 6.09 Å². The van der Waals surface area contributed by atoms with Crippen LogP contribution < -0.4 is 10.6 Å². The number of carbonyl (C=O) groups is 3. The summed E-state index contributed by atoms with van der Waals surface area (Å²) in [6.07, 6.45) is -0.130. The third kappa shape index (κ3) is 7.25. The van der Waals surface area contributed by atoms with E-state index in [0.29, 0.717) is 23.2 Å². The highest BCUT2D eigenvalue weighted by Gasteiger charge is 2.34. The number of alkyl carbamates (subject to hydrolysis) is 1. The van der Waals surface area contributed by atoms with Gasteiger partial charge < -0.3 is 25.4 Å². The second-order valence-corrected chi connectivity index (χ2v) is 10.4. The zero-order valence-electron chi connectivity index (χ0n) is 22.9. The first-order chi connectivity index (χ1) is 17.9. The maximum absolute atomic E-state index is 13.8. The van der Waals surface area contributed by atoms with Crippen molar-refractivity contribution < 1.29 is 24.2 Å². The Morgan fingerprint density at radius 3 is 2.32 bits per heavy atom. The Balaban J connectivity index is 1.96. The van der Waals surface area contributed by atoms with E-state index in [4.69, 9.17) is 4.74 Å². The van der Waals surface area contributed by atoms with Gasteiger partial charge in [-0.25, -0.2) is 4.79 Å². The standard InChI is InChI=1S/C30H37N3O5/c1-7-16-33(28(36)20(3)31-29(37)38-30(4,5)6)26(23-13-15-25(34)19(2)17-23)27(35)32-24-14-12-21-10-8-9-11-22(21)18-24/h8-15,17-18,20,26,34H,7,16H2,1-6H3,(H,31,37)(H,32,35). The first-order valence-electron chi connectivity index (χ1n) is 12.8. The van der Waals surface area contributed by atoms with Crippen LogP contribution in [0.3, 0.4) is 0 Å². The van der Waals surface area contributed by atoms with Gasteiger partial charge in [0, 0.05) is 12.2 Å². The summed E-state index contributed by atoms with van der Waals surface area (Å²) in [4.78, 5) is 41.3. The number of carbonyl (C=O) groups excluding carboxylic acids is 3. The average Bonchev–Trinajstić information content (AvgIpc) is 2.84. The fraction of sp³-hybridized carbons (Fsp3) is 0.367. The molecule has 38 heavy (non-hydrogen) atoms. The van der Waals surface area contributed by atoms with E-state index in [0.717, 1.165) is 10.8 Å². The molecule has 2 unspecified atom stereocenters. The molecule has 0 aliphatic rings.